The Morgan fingerprint density at radius 3 is 2.88 bits per heavy atom. The van der Waals surface area contributed by atoms with Crippen LogP contribution in [0.2, 0.25) is 0 Å². The molecule has 0 aromatic carbocycles. The Morgan fingerprint density at radius 1 is 1.29 bits per heavy atom. The highest BCUT2D eigenvalue weighted by molar-refractivity contribution is 5.76. The second-order valence-electron chi connectivity index (χ2n) is 5.97. The number of pyridine rings is 1. The smallest absolute Gasteiger partial charge is 0.222 e. The number of ether oxygens (including phenoxy) is 1. The zero-order valence-electron chi connectivity index (χ0n) is 13.8. The van der Waals surface area contributed by atoms with Crippen molar-refractivity contribution >= 4 is 5.91 Å². The molecule has 0 saturated carbocycles. The number of carbonyl (C=O) groups excluding carboxylic acids is 1. The number of aryl methyl sites for hydroxylation is 1. The van der Waals surface area contributed by atoms with Crippen LogP contribution in [0.5, 0.6) is 0 Å². The predicted octanol–water partition coefficient (Wildman–Crippen LogP) is 1.66. The molecule has 1 aliphatic heterocycles. The topological polar surface area (TPSA) is 73.1 Å². The van der Waals surface area contributed by atoms with E-state index in [1.165, 1.54) is 6.33 Å². The van der Waals surface area contributed by atoms with E-state index in [0.29, 0.717) is 13.0 Å². The Bertz CT molecular complexity index is 609. The van der Waals surface area contributed by atoms with Gasteiger partial charge in [0.2, 0.25) is 5.91 Å². The third kappa shape index (κ3) is 4.86. The first-order valence-electron chi connectivity index (χ1n) is 8.43. The molecule has 2 aromatic rings. The molecule has 3 heterocycles. The maximum Gasteiger partial charge on any atom is 0.222 e. The average molecular weight is 329 g/mol. The van der Waals surface area contributed by atoms with Crippen LogP contribution in [-0.4, -0.2) is 49.7 Å². The molecule has 0 atom stereocenters. The van der Waals surface area contributed by atoms with Gasteiger partial charge in [0, 0.05) is 32.3 Å². The molecule has 0 bridgehead atoms. The number of likely N-dealkylation sites (tertiary alicyclic amines) is 1. The van der Waals surface area contributed by atoms with Gasteiger partial charge in [-0.15, -0.1) is 0 Å². The quantitative estimate of drug-likeness (QED) is 0.772. The fourth-order valence-electron chi connectivity index (χ4n) is 2.86. The summed E-state index contributed by atoms with van der Waals surface area (Å²) in [5, 5.41) is 4.04. The highest BCUT2D eigenvalue weighted by Crippen LogP contribution is 2.16. The SMILES string of the molecule is O=C(CCCn1cncn1)N1CCC(OCc2ccccn2)CC1. The van der Waals surface area contributed by atoms with Gasteiger partial charge in [-0.05, 0) is 31.4 Å². The molecular formula is C17H23N5O2. The molecule has 0 spiro atoms. The Kier molecular flexibility index (Phi) is 5.90. The molecule has 3 rings (SSSR count). The number of aromatic nitrogens is 4. The van der Waals surface area contributed by atoms with Crippen LogP contribution < -0.4 is 0 Å². The van der Waals surface area contributed by atoms with E-state index in [0.717, 1.165) is 44.6 Å². The van der Waals surface area contributed by atoms with Crippen molar-refractivity contribution in [2.24, 2.45) is 0 Å². The molecule has 1 aliphatic rings. The van der Waals surface area contributed by atoms with Crippen molar-refractivity contribution < 1.29 is 9.53 Å². The Morgan fingerprint density at radius 2 is 2.17 bits per heavy atom. The van der Waals surface area contributed by atoms with E-state index in [-0.39, 0.29) is 12.0 Å². The van der Waals surface area contributed by atoms with Crippen LogP contribution in [0.15, 0.2) is 37.1 Å². The summed E-state index contributed by atoms with van der Waals surface area (Å²) in [5.41, 5.74) is 0.948. The van der Waals surface area contributed by atoms with E-state index in [1.54, 1.807) is 17.2 Å². The number of carbonyl (C=O) groups is 1. The van der Waals surface area contributed by atoms with Gasteiger partial charge in [0.05, 0.1) is 18.4 Å². The first-order valence-corrected chi connectivity index (χ1v) is 8.43. The van der Waals surface area contributed by atoms with Crippen molar-refractivity contribution in [3.05, 3.63) is 42.7 Å². The van der Waals surface area contributed by atoms with Crippen LogP contribution in [0, 0.1) is 0 Å². The van der Waals surface area contributed by atoms with Crippen molar-refractivity contribution in [3.63, 3.8) is 0 Å². The summed E-state index contributed by atoms with van der Waals surface area (Å²) in [6.45, 7) is 2.82. The largest absolute Gasteiger partial charge is 0.372 e. The van der Waals surface area contributed by atoms with Gasteiger partial charge in [-0.3, -0.25) is 14.5 Å². The number of rotatable bonds is 7. The highest BCUT2D eigenvalue weighted by atomic mass is 16.5. The molecule has 2 aromatic heterocycles. The van der Waals surface area contributed by atoms with Gasteiger partial charge in [-0.25, -0.2) is 4.98 Å². The predicted molar refractivity (Wildman–Crippen MR) is 87.9 cm³/mol. The summed E-state index contributed by atoms with van der Waals surface area (Å²) in [6, 6.07) is 5.83. The molecule has 7 nitrogen and oxygen atoms in total. The van der Waals surface area contributed by atoms with E-state index in [4.69, 9.17) is 4.74 Å². The first kappa shape index (κ1) is 16.6. The van der Waals surface area contributed by atoms with Crippen molar-refractivity contribution in [1.82, 2.24) is 24.6 Å². The normalized spacial score (nSPS) is 15.6. The number of nitrogens with zero attached hydrogens (tertiary/aromatic N) is 5. The van der Waals surface area contributed by atoms with Gasteiger partial charge < -0.3 is 9.64 Å². The minimum atomic E-state index is 0.214. The van der Waals surface area contributed by atoms with E-state index in [2.05, 4.69) is 15.1 Å². The third-order valence-electron chi connectivity index (χ3n) is 4.23. The second kappa shape index (κ2) is 8.54. The van der Waals surface area contributed by atoms with Crippen LogP contribution in [0.25, 0.3) is 0 Å². The number of hydrogen-bond acceptors (Lipinski definition) is 5. The standard InChI is InChI=1S/C17H23N5O2/c23-17(5-3-9-22-14-18-13-20-22)21-10-6-16(7-11-21)24-12-15-4-1-2-8-19-15/h1-2,4,8,13-14,16H,3,5-7,9-12H2. The van der Waals surface area contributed by atoms with E-state index in [1.807, 2.05) is 23.1 Å². The summed E-state index contributed by atoms with van der Waals surface area (Å²) in [4.78, 5) is 22.3. The Hall–Kier alpha value is -2.28. The molecule has 0 N–H and O–H groups in total. The van der Waals surface area contributed by atoms with Crippen LogP contribution in [0.3, 0.4) is 0 Å². The number of hydrogen-bond donors (Lipinski definition) is 0. The molecular weight excluding hydrogens is 306 g/mol. The first-order chi connectivity index (χ1) is 11.8. The third-order valence-corrected chi connectivity index (χ3v) is 4.23. The lowest BCUT2D eigenvalue weighted by Gasteiger charge is -2.32. The van der Waals surface area contributed by atoms with E-state index < -0.39 is 0 Å². The molecule has 0 radical (unpaired) electrons. The van der Waals surface area contributed by atoms with E-state index in [9.17, 15) is 4.79 Å². The molecule has 1 saturated heterocycles. The van der Waals surface area contributed by atoms with Gasteiger partial charge >= 0.3 is 0 Å². The van der Waals surface area contributed by atoms with Gasteiger partial charge in [-0.2, -0.15) is 5.10 Å². The van der Waals surface area contributed by atoms with Crippen molar-refractivity contribution in [1.29, 1.82) is 0 Å². The molecule has 1 amide bonds. The lowest BCUT2D eigenvalue weighted by atomic mass is 10.1. The molecule has 0 aliphatic carbocycles. The van der Waals surface area contributed by atoms with Crippen molar-refractivity contribution in [3.8, 4) is 0 Å². The van der Waals surface area contributed by atoms with Crippen molar-refractivity contribution in [2.45, 2.75) is 44.9 Å². The molecule has 128 valence electrons. The maximum absolute atomic E-state index is 12.2. The molecule has 7 heteroatoms. The fourth-order valence-corrected chi connectivity index (χ4v) is 2.86. The molecule has 1 fully saturated rings. The van der Waals surface area contributed by atoms with E-state index >= 15 is 0 Å². The summed E-state index contributed by atoms with van der Waals surface area (Å²) in [5.74, 6) is 0.221. The van der Waals surface area contributed by atoms with Gasteiger partial charge in [0.15, 0.2) is 0 Å². The fraction of sp³-hybridized carbons (Fsp3) is 0.529. The van der Waals surface area contributed by atoms with Crippen LogP contribution in [0.4, 0.5) is 0 Å². The zero-order valence-corrected chi connectivity index (χ0v) is 13.8. The second-order valence-corrected chi connectivity index (χ2v) is 5.97. The number of piperidine rings is 1. The maximum atomic E-state index is 12.2. The van der Waals surface area contributed by atoms with Crippen molar-refractivity contribution in [2.75, 3.05) is 13.1 Å². The zero-order chi connectivity index (χ0) is 16.6. The molecule has 24 heavy (non-hydrogen) atoms. The summed E-state index contributed by atoms with van der Waals surface area (Å²) in [6.07, 6.45) is 8.30. The highest BCUT2D eigenvalue weighted by Gasteiger charge is 2.22. The summed E-state index contributed by atoms with van der Waals surface area (Å²) < 4.78 is 7.66. The lowest BCUT2D eigenvalue weighted by molar-refractivity contribution is -0.134. The molecule has 0 unspecified atom stereocenters. The van der Waals surface area contributed by atoms with Gasteiger partial charge in [0.25, 0.3) is 0 Å². The van der Waals surface area contributed by atoms with Crippen LogP contribution in [0.1, 0.15) is 31.4 Å². The summed E-state index contributed by atoms with van der Waals surface area (Å²) >= 11 is 0. The lowest BCUT2D eigenvalue weighted by Crippen LogP contribution is -2.40. The Balaban J connectivity index is 1.33. The summed E-state index contributed by atoms with van der Waals surface area (Å²) in [7, 11) is 0. The van der Waals surface area contributed by atoms with Crippen LogP contribution in [-0.2, 0) is 22.7 Å². The Labute approximate surface area is 141 Å². The minimum Gasteiger partial charge on any atom is -0.372 e. The monoisotopic (exact) mass is 329 g/mol. The number of amides is 1. The average Bonchev–Trinajstić information content (AvgIpc) is 3.15. The minimum absolute atomic E-state index is 0.214. The van der Waals surface area contributed by atoms with Gasteiger partial charge in [0.1, 0.15) is 12.7 Å². The van der Waals surface area contributed by atoms with Crippen LogP contribution >= 0.6 is 0 Å². The van der Waals surface area contributed by atoms with Gasteiger partial charge in [-0.1, -0.05) is 6.07 Å².